The molecule has 9 heteroatoms. The Balaban J connectivity index is -0.000000527. The highest BCUT2D eigenvalue weighted by Crippen LogP contribution is 2.06. The third kappa shape index (κ3) is 21.9. The van der Waals surface area contributed by atoms with E-state index in [-0.39, 0.29) is 51.7 Å². The van der Waals surface area contributed by atoms with Crippen LogP contribution in [0, 0.1) is 7.43 Å². The van der Waals surface area contributed by atoms with Crippen molar-refractivity contribution < 1.29 is 38.1 Å². The summed E-state index contributed by atoms with van der Waals surface area (Å²) in [6.07, 6.45) is -1.13. The number of hydrogen-bond donors (Lipinski definition) is 0. The summed E-state index contributed by atoms with van der Waals surface area (Å²) < 4.78 is 19.9. The number of esters is 2. The fraction of sp³-hybridized carbons (Fsp3) is 0.393. The molecule has 2 rings (SSSR count). The van der Waals surface area contributed by atoms with E-state index >= 15 is 0 Å². The fourth-order valence-corrected chi connectivity index (χ4v) is 2.35. The van der Waals surface area contributed by atoms with Crippen LogP contribution in [0.1, 0.15) is 46.2 Å². The number of ether oxygens (including phenoxy) is 4. The van der Waals surface area contributed by atoms with E-state index in [1.807, 2.05) is 60.7 Å². The van der Waals surface area contributed by atoms with Crippen LogP contribution in [0.4, 0.5) is 0 Å². The molecule has 8 nitrogen and oxygen atoms in total. The highest BCUT2D eigenvalue weighted by Gasteiger charge is 2.25. The Hall–Kier alpha value is -3.07. The van der Waals surface area contributed by atoms with Gasteiger partial charge >= 0.3 is 11.9 Å². The van der Waals surface area contributed by atoms with Crippen LogP contribution in [0.5, 0.6) is 0 Å². The van der Waals surface area contributed by atoms with E-state index in [4.69, 9.17) is 18.9 Å². The quantitative estimate of drug-likeness (QED) is 0.163. The van der Waals surface area contributed by atoms with E-state index in [0.29, 0.717) is 13.2 Å². The van der Waals surface area contributed by atoms with Gasteiger partial charge in [0, 0.05) is 6.92 Å². The predicted octanol–water partition coefficient (Wildman–Crippen LogP) is 5.35. The number of hydrogen-bond acceptors (Lipinski definition) is 8. The molecule has 1 unspecified atom stereocenters. The van der Waals surface area contributed by atoms with Crippen LogP contribution < -0.4 is 0 Å². The van der Waals surface area contributed by atoms with Gasteiger partial charge < -0.3 is 26.4 Å². The first-order valence-corrected chi connectivity index (χ1v) is 11.3. The van der Waals surface area contributed by atoms with Gasteiger partial charge in [-0.2, -0.15) is 0 Å². The van der Waals surface area contributed by atoms with Crippen molar-refractivity contribution in [2.24, 2.45) is 0 Å². The molecule has 208 valence electrons. The maximum atomic E-state index is 11.4. The monoisotopic (exact) mass is 539 g/mol. The minimum absolute atomic E-state index is 0. The van der Waals surface area contributed by atoms with Crippen LogP contribution in [0.15, 0.2) is 60.7 Å². The molecule has 0 aliphatic rings. The van der Waals surface area contributed by atoms with Crippen LogP contribution in [0.3, 0.4) is 0 Å². The van der Waals surface area contributed by atoms with Crippen LogP contribution in [-0.2, 0) is 51.3 Å². The summed E-state index contributed by atoms with van der Waals surface area (Å²) in [5, 5.41) is -0.361. The summed E-state index contributed by atoms with van der Waals surface area (Å²) in [7, 11) is 0. The van der Waals surface area contributed by atoms with Gasteiger partial charge in [-0.25, -0.2) is 9.59 Å². The average Bonchev–Trinajstić information content (AvgIpc) is 2.81. The predicted molar refractivity (Wildman–Crippen MR) is 145 cm³/mol. The van der Waals surface area contributed by atoms with Crippen molar-refractivity contribution >= 4 is 34.6 Å². The average molecular weight is 540 g/mol. The summed E-state index contributed by atoms with van der Waals surface area (Å²) in [4.78, 5) is 42.8. The number of Topliss-reactive ketones (excluding diaryl/α,β-unsaturated/α-hetero) is 1. The largest absolute Gasteiger partial charge is 0.464 e. The van der Waals surface area contributed by atoms with E-state index in [0.717, 1.165) is 11.1 Å². The zero-order chi connectivity index (χ0) is 26.5. The molecule has 2 aromatic carbocycles. The lowest BCUT2D eigenvalue weighted by Crippen LogP contribution is -2.33. The molecule has 0 amide bonds. The summed E-state index contributed by atoms with van der Waals surface area (Å²) in [6.45, 7) is 7.37. The lowest BCUT2D eigenvalue weighted by molar-refractivity contribution is -0.161. The summed E-state index contributed by atoms with van der Waals surface area (Å²) in [5.41, 5.74) is 1.96. The minimum atomic E-state index is -1.13. The first kappa shape index (κ1) is 38.5. The molecular formula is C28H40ClO8-. The lowest BCUT2D eigenvalue weighted by atomic mass is 10.2. The van der Waals surface area contributed by atoms with Crippen molar-refractivity contribution in [2.45, 2.75) is 54.4 Å². The van der Waals surface area contributed by atoms with E-state index in [9.17, 15) is 19.2 Å². The zero-order valence-corrected chi connectivity index (χ0v) is 22.3. The second kappa shape index (κ2) is 24.6. The number of halogens is 1. The number of ketones is 1. The van der Waals surface area contributed by atoms with Gasteiger partial charge in [0.15, 0.2) is 5.78 Å². The van der Waals surface area contributed by atoms with Crippen LogP contribution in [0.25, 0.3) is 0 Å². The summed E-state index contributed by atoms with van der Waals surface area (Å²) in [6, 6.07) is 19.1. The Morgan fingerprint density at radius 3 is 1.62 bits per heavy atom. The lowest BCUT2D eigenvalue weighted by Gasteiger charge is -2.13. The standard InChI is InChI=1S/C13H16O4.C11H14O3.C2H3ClO.CH4.CH3/c1-3-16-13(15)12(10(2)14)17-9-11-7-5-4-6-8-11;1-2-14-11(12)9-13-8-10-6-4-3-5-7-10;1-2(3)4;;/h4-8,12H,3,9H2,1-2H3;3-7H,2,8-9H2,1H3;1H3;1H4;1H3/q;;;;-1. The van der Waals surface area contributed by atoms with E-state index in [1.165, 1.54) is 13.8 Å². The van der Waals surface area contributed by atoms with Crippen LogP contribution in [-0.4, -0.2) is 48.9 Å². The van der Waals surface area contributed by atoms with Gasteiger partial charge in [-0.1, -0.05) is 68.1 Å². The Bertz CT molecular complexity index is 868. The number of rotatable bonds is 11. The molecule has 0 bridgehead atoms. The second-order valence-electron chi connectivity index (χ2n) is 6.79. The first-order valence-electron chi connectivity index (χ1n) is 11.0. The van der Waals surface area contributed by atoms with Gasteiger partial charge in [-0.05, 0) is 43.5 Å². The van der Waals surface area contributed by atoms with Gasteiger partial charge in [0.05, 0.1) is 26.4 Å². The van der Waals surface area contributed by atoms with Gasteiger partial charge in [-0.3, -0.25) is 9.59 Å². The first-order chi connectivity index (χ1) is 16.7. The van der Waals surface area contributed by atoms with Gasteiger partial charge in [0.1, 0.15) is 6.61 Å². The summed E-state index contributed by atoms with van der Waals surface area (Å²) in [5.74, 6) is -1.29. The molecular weight excluding hydrogens is 500 g/mol. The molecule has 0 spiro atoms. The Morgan fingerprint density at radius 1 is 0.784 bits per heavy atom. The highest BCUT2D eigenvalue weighted by atomic mass is 35.5. The second-order valence-corrected chi connectivity index (χ2v) is 7.33. The molecule has 0 radical (unpaired) electrons. The molecule has 0 heterocycles. The highest BCUT2D eigenvalue weighted by molar-refractivity contribution is 6.62. The molecule has 0 aliphatic heterocycles. The van der Waals surface area contributed by atoms with Crippen molar-refractivity contribution in [3.63, 3.8) is 0 Å². The van der Waals surface area contributed by atoms with Crippen LogP contribution >= 0.6 is 11.6 Å². The SMILES string of the molecule is C.CC(=O)Cl.CCOC(=O)C(OCc1ccccc1)C(C)=O.CCOC(=O)COCc1ccccc1.[CH3-]. The maximum absolute atomic E-state index is 11.4. The van der Waals surface area contributed by atoms with Gasteiger partial charge in [0.25, 0.3) is 0 Å². The van der Waals surface area contributed by atoms with E-state index in [1.54, 1.807) is 13.8 Å². The van der Waals surface area contributed by atoms with Crippen LogP contribution in [0.2, 0.25) is 0 Å². The number of carbonyl (C=O) groups is 4. The third-order valence-electron chi connectivity index (χ3n) is 3.77. The van der Waals surface area contributed by atoms with E-state index in [2.05, 4.69) is 11.6 Å². The smallest absolute Gasteiger partial charge is 0.343 e. The number of carbonyl (C=O) groups excluding carboxylic acids is 4. The summed E-state index contributed by atoms with van der Waals surface area (Å²) >= 11 is 4.64. The van der Waals surface area contributed by atoms with Crippen molar-refractivity contribution in [1.29, 1.82) is 0 Å². The third-order valence-corrected chi connectivity index (χ3v) is 3.77. The van der Waals surface area contributed by atoms with E-state index < -0.39 is 12.1 Å². The normalized spacial score (nSPS) is 9.86. The van der Waals surface area contributed by atoms with Crippen molar-refractivity contribution in [3.05, 3.63) is 79.2 Å². The Morgan fingerprint density at radius 2 is 1.22 bits per heavy atom. The molecule has 2 aromatic rings. The Kier molecular flexibility index (Phi) is 25.6. The number of benzene rings is 2. The minimum Gasteiger partial charge on any atom is -0.464 e. The molecule has 1 atom stereocenters. The topological polar surface area (TPSA) is 105 Å². The molecule has 37 heavy (non-hydrogen) atoms. The molecule has 0 aliphatic carbocycles. The van der Waals surface area contributed by atoms with Crippen molar-refractivity contribution in [3.8, 4) is 0 Å². The molecule has 0 N–H and O–H groups in total. The molecule has 0 fully saturated rings. The maximum Gasteiger partial charge on any atom is 0.343 e. The fourth-order valence-electron chi connectivity index (χ4n) is 2.35. The molecule has 0 saturated carbocycles. The van der Waals surface area contributed by atoms with Gasteiger partial charge in [0.2, 0.25) is 11.3 Å². The van der Waals surface area contributed by atoms with Crippen molar-refractivity contribution in [2.75, 3.05) is 19.8 Å². The van der Waals surface area contributed by atoms with Gasteiger partial charge in [-0.15, -0.1) is 0 Å². The zero-order valence-electron chi connectivity index (χ0n) is 21.5. The molecule has 0 saturated heterocycles. The molecule has 0 aromatic heterocycles. The Labute approximate surface area is 226 Å². The van der Waals surface area contributed by atoms with Crippen molar-refractivity contribution in [1.82, 2.24) is 0 Å².